The number of furan rings is 1. The first-order chi connectivity index (χ1) is 19.4. The highest BCUT2D eigenvalue weighted by Crippen LogP contribution is 2.35. The zero-order chi connectivity index (χ0) is 25.8. The number of thiophene rings is 1. The molecule has 184 valence electrons. The van der Waals surface area contributed by atoms with E-state index in [1.165, 1.54) is 51.7 Å². The van der Waals surface area contributed by atoms with E-state index in [2.05, 4.69) is 146 Å². The maximum absolute atomic E-state index is 6.76. The van der Waals surface area contributed by atoms with Gasteiger partial charge in [-0.1, -0.05) is 133 Å². The van der Waals surface area contributed by atoms with Crippen molar-refractivity contribution >= 4 is 82.3 Å². The molecule has 0 fully saturated rings. The lowest BCUT2D eigenvalue weighted by atomic mass is 10.1. The summed E-state index contributed by atoms with van der Waals surface area (Å²) < 4.78 is 9.45. The molecule has 0 aliphatic rings. The Morgan fingerprint density at radius 3 is 1.74 bits per heavy atom. The summed E-state index contributed by atoms with van der Waals surface area (Å²) in [5.74, 6) is 0. The van der Waals surface area contributed by atoms with Crippen LogP contribution in [0.25, 0.3) is 42.1 Å². The number of rotatable bonds is 4. The van der Waals surface area contributed by atoms with Gasteiger partial charge in [-0.2, -0.15) is 0 Å². The highest BCUT2D eigenvalue weighted by Gasteiger charge is 2.45. The number of benzene rings is 6. The van der Waals surface area contributed by atoms with Gasteiger partial charge in [0.1, 0.15) is 11.2 Å². The van der Waals surface area contributed by atoms with E-state index in [4.69, 9.17) is 4.42 Å². The molecule has 39 heavy (non-hydrogen) atoms. The van der Waals surface area contributed by atoms with E-state index in [0.717, 1.165) is 11.2 Å². The fourth-order valence-electron chi connectivity index (χ4n) is 6.40. The molecule has 0 aliphatic carbocycles. The van der Waals surface area contributed by atoms with Crippen LogP contribution in [0.15, 0.2) is 150 Å². The number of hydrogen-bond donors (Lipinski definition) is 0. The lowest BCUT2D eigenvalue weighted by molar-refractivity contribution is 0.671. The predicted molar refractivity (Wildman–Crippen MR) is 170 cm³/mol. The molecule has 3 heteroatoms. The second-order valence-corrected chi connectivity index (χ2v) is 14.8. The molecule has 2 heterocycles. The Balaban J connectivity index is 1.61. The first-order valence-electron chi connectivity index (χ1n) is 13.3. The minimum absolute atomic E-state index is 0.934. The van der Waals surface area contributed by atoms with E-state index in [-0.39, 0.29) is 0 Å². The van der Waals surface area contributed by atoms with Crippen LogP contribution in [0.2, 0.25) is 0 Å². The predicted octanol–water partition coefficient (Wildman–Crippen LogP) is 7.33. The second-order valence-electron chi connectivity index (χ2n) is 10.0. The third-order valence-electron chi connectivity index (χ3n) is 8.03. The molecule has 0 N–H and O–H groups in total. The van der Waals surface area contributed by atoms with Crippen LogP contribution in [0.4, 0.5) is 0 Å². The summed E-state index contributed by atoms with van der Waals surface area (Å²) in [5, 5.41) is 10.4. The van der Waals surface area contributed by atoms with Crippen molar-refractivity contribution in [3.8, 4) is 0 Å². The highest BCUT2D eigenvalue weighted by molar-refractivity contribution is 7.31. The molecule has 0 amide bonds. The number of hydrogen-bond acceptors (Lipinski definition) is 2. The van der Waals surface area contributed by atoms with Gasteiger partial charge in [-0.25, -0.2) is 0 Å². The smallest absolute Gasteiger partial charge is 0.185 e. The van der Waals surface area contributed by atoms with Gasteiger partial charge in [0.05, 0.1) is 0 Å². The van der Waals surface area contributed by atoms with Gasteiger partial charge < -0.3 is 4.42 Å². The minimum Gasteiger partial charge on any atom is -0.456 e. The van der Waals surface area contributed by atoms with Gasteiger partial charge in [-0.15, -0.1) is 11.3 Å². The molecule has 0 atom stereocenters. The summed E-state index contributed by atoms with van der Waals surface area (Å²) in [5.41, 5.74) is 1.93. The fraction of sp³-hybridized carbons (Fsp3) is 0. The van der Waals surface area contributed by atoms with E-state index in [1.54, 1.807) is 0 Å². The quantitative estimate of drug-likeness (QED) is 0.171. The van der Waals surface area contributed by atoms with Crippen LogP contribution < -0.4 is 20.7 Å². The zero-order valence-corrected chi connectivity index (χ0v) is 23.0. The fourth-order valence-corrected chi connectivity index (χ4v) is 13.1. The molecule has 0 radical (unpaired) electrons. The van der Waals surface area contributed by atoms with Gasteiger partial charge in [0.25, 0.3) is 0 Å². The van der Waals surface area contributed by atoms with Crippen LogP contribution in [-0.4, -0.2) is 8.07 Å². The van der Waals surface area contributed by atoms with Crippen molar-refractivity contribution in [3.63, 3.8) is 0 Å². The molecule has 0 aliphatic heterocycles. The van der Waals surface area contributed by atoms with Gasteiger partial charge in [0, 0.05) is 30.9 Å². The zero-order valence-electron chi connectivity index (χ0n) is 21.2. The van der Waals surface area contributed by atoms with Crippen molar-refractivity contribution in [3.05, 3.63) is 146 Å². The summed E-state index contributed by atoms with van der Waals surface area (Å²) in [4.78, 5) is 0. The van der Waals surface area contributed by atoms with Crippen molar-refractivity contribution in [1.29, 1.82) is 0 Å². The number of para-hydroxylation sites is 2. The average Bonchev–Trinajstić information content (AvgIpc) is 3.58. The van der Waals surface area contributed by atoms with Crippen molar-refractivity contribution < 1.29 is 4.42 Å². The SMILES string of the molecule is c1ccc([Si](c2ccccc2)(c2cccc3c2oc2ccccc23)c2cccc3c2sc2ccccc23)cc1. The molecular formula is C36H24OSSi. The molecule has 0 spiro atoms. The first-order valence-corrected chi connectivity index (χ1v) is 16.1. The van der Waals surface area contributed by atoms with Gasteiger partial charge in [-0.05, 0) is 32.9 Å². The summed E-state index contributed by atoms with van der Waals surface area (Å²) in [6.45, 7) is 0. The van der Waals surface area contributed by atoms with E-state index in [1.807, 2.05) is 11.3 Å². The Bertz CT molecular complexity index is 1970. The topological polar surface area (TPSA) is 13.1 Å². The molecule has 2 aromatic heterocycles. The van der Waals surface area contributed by atoms with Crippen molar-refractivity contribution in [2.45, 2.75) is 0 Å². The summed E-state index contributed by atoms with van der Waals surface area (Å²) in [6, 6.07) is 53.2. The molecule has 0 unspecified atom stereocenters. The summed E-state index contributed by atoms with van der Waals surface area (Å²) in [6.07, 6.45) is 0. The van der Waals surface area contributed by atoms with E-state index < -0.39 is 8.07 Å². The Labute approximate surface area is 231 Å². The largest absolute Gasteiger partial charge is 0.456 e. The van der Waals surface area contributed by atoms with Crippen molar-refractivity contribution in [2.24, 2.45) is 0 Å². The molecule has 0 bridgehead atoms. The van der Waals surface area contributed by atoms with Crippen LogP contribution in [0.5, 0.6) is 0 Å². The summed E-state index contributed by atoms with van der Waals surface area (Å²) in [7, 11) is -2.84. The highest BCUT2D eigenvalue weighted by atomic mass is 32.1. The Hall–Kier alpha value is -4.44. The third kappa shape index (κ3) is 3.24. The standard InChI is InChI=1S/C36H24OSSi/c1-3-13-25(14-4-1)39(26-15-5-2-6-16-26,33-23-11-19-29-27-17-7-9-21-31(27)37-35(29)33)34-24-12-20-30-28-18-8-10-22-32(28)38-36(30)34/h1-24H. The Morgan fingerprint density at radius 2 is 1.00 bits per heavy atom. The van der Waals surface area contributed by atoms with Crippen LogP contribution >= 0.6 is 11.3 Å². The molecule has 6 aromatic carbocycles. The van der Waals surface area contributed by atoms with E-state index in [9.17, 15) is 0 Å². The Morgan fingerprint density at radius 1 is 0.436 bits per heavy atom. The van der Waals surface area contributed by atoms with Crippen molar-refractivity contribution in [1.82, 2.24) is 0 Å². The Kier molecular flexibility index (Phi) is 5.09. The summed E-state index contributed by atoms with van der Waals surface area (Å²) >= 11 is 1.91. The van der Waals surface area contributed by atoms with Gasteiger partial charge in [0.2, 0.25) is 0 Å². The van der Waals surface area contributed by atoms with Crippen LogP contribution in [-0.2, 0) is 0 Å². The molecule has 1 nitrogen and oxygen atoms in total. The van der Waals surface area contributed by atoms with Crippen LogP contribution in [0.3, 0.4) is 0 Å². The third-order valence-corrected chi connectivity index (χ3v) is 14.3. The van der Waals surface area contributed by atoms with E-state index in [0.29, 0.717) is 0 Å². The minimum atomic E-state index is -2.84. The monoisotopic (exact) mass is 532 g/mol. The first kappa shape index (κ1) is 22.5. The van der Waals surface area contributed by atoms with Gasteiger partial charge in [0.15, 0.2) is 8.07 Å². The maximum Gasteiger partial charge on any atom is 0.185 e. The van der Waals surface area contributed by atoms with Gasteiger partial charge in [-0.3, -0.25) is 0 Å². The molecule has 0 saturated carbocycles. The normalized spacial score (nSPS) is 12.1. The van der Waals surface area contributed by atoms with Crippen LogP contribution in [0.1, 0.15) is 0 Å². The lowest BCUT2D eigenvalue weighted by Gasteiger charge is -2.34. The molecule has 8 aromatic rings. The average molecular weight is 533 g/mol. The lowest BCUT2D eigenvalue weighted by Crippen LogP contribution is -2.74. The van der Waals surface area contributed by atoms with Crippen molar-refractivity contribution in [2.75, 3.05) is 0 Å². The maximum atomic E-state index is 6.76. The second kappa shape index (κ2) is 8.81. The molecule has 0 saturated heterocycles. The van der Waals surface area contributed by atoms with E-state index >= 15 is 0 Å². The van der Waals surface area contributed by atoms with Crippen LogP contribution in [0, 0.1) is 0 Å². The molecule has 8 rings (SSSR count). The number of fused-ring (bicyclic) bond motifs is 6. The van der Waals surface area contributed by atoms with Gasteiger partial charge >= 0.3 is 0 Å². The molecular weight excluding hydrogens is 509 g/mol.